The van der Waals surface area contributed by atoms with Crippen molar-refractivity contribution in [2.24, 2.45) is 0 Å². The van der Waals surface area contributed by atoms with Crippen molar-refractivity contribution in [3.05, 3.63) is 137 Å². The molecule has 5 aromatic rings. The number of carbonyl (C=O) groups excluding carboxylic acids is 1. The molecule has 2 nitrogen and oxygen atoms in total. The second kappa shape index (κ2) is 7.29. The monoisotopic (exact) mass is 464 g/mol. The molecule has 0 radical (unpaired) electrons. The molecule has 0 unspecified atom stereocenters. The van der Waals surface area contributed by atoms with Gasteiger partial charge < -0.3 is 5.11 Å². The number of ketones is 1. The molecule has 0 heterocycles. The molecule has 0 aliphatic heterocycles. The molecule has 7 rings (SSSR count). The molecule has 2 aliphatic carbocycles. The zero-order chi connectivity index (χ0) is 24.6. The van der Waals surface area contributed by atoms with Crippen LogP contribution in [0.1, 0.15) is 41.7 Å². The Bertz CT molecular complexity index is 1740. The summed E-state index contributed by atoms with van der Waals surface area (Å²) in [4.78, 5) is 12.8. The molecule has 0 amide bonds. The number of fused-ring (bicyclic) bond motifs is 12. The molecule has 172 valence electrons. The number of hydrogen-bond donors (Lipinski definition) is 1. The van der Waals surface area contributed by atoms with Crippen molar-refractivity contribution in [2.45, 2.75) is 19.3 Å². The maximum atomic E-state index is 12.8. The van der Waals surface area contributed by atoms with E-state index in [1.54, 1.807) is 6.92 Å². The number of aliphatic hydroxyl groups is 1. The highest BCUT2D eigenvalue weighted by Crippen LogP contribution is 2.64. The molecule has 0 saturated carbocycles. The van der Waals surface area contributed by atoms with E-state index < -0.39 is 5.41 Å². The fraction of sp³-hybridized carbons (Fsp3) is 0.0882. The minimum Gasteiger partial charge on any atom is -0.512 e. The lowest BCUT2D eigenvalue weighted by molar-refractivity contribution is -0.111. The summed E-state index contributed by atoms with van der Waals surface area (Å²) >= 11 is 0. The summed E-state index contributed by atoms with van der Waals surface area (Å²) in [5.74, 6) is -0.0960. The van der Waals surface area contributed by atoms with Crippen LogP contribution in [0.3, 0.4) is 0 Å². The second-order valence-electron chi connectivity index (χ2n) is 9.80. The Morgan fingerprint density at radius 1 is 0.611 bits per heavy atom. The topological polar surface area (TPSA) is 37.3 Å². The maximum absolute atomic E-state index is 12.8. The van der Waals surface area contributed by atoms with Crippen LogP contribution in [-0.2, 0) is 10.2 Å². The molecule has 0 fully saturated rings. The van der Waals surface area contributed by atoms with Crippen LogP contribution in [-0.4, -0.2) is 10.9 Å². The van der Waals surface area contributed by atoms with Gasteiger partial charge in [0.15, 0.2) is 5.78 Å². The molecular formula is C34H24O2. The molecule has 36 heavy (non-hydrogen) atoms. The van der Waals surface area contributed by atoms with Gasteiger partial charge in [-0.1, -0.05) is 97.1 Å². The summed E-state index contributed by atoms with van der Waals surface area (Å²) in [7, 11) is 0. The number of rotatable bonds is 2. The van der Waals surface area contributed by atoms with Gasteiger partial charge in [-0.3, -0.25) is 4.79 Å². The third-order valence-corrected chi connectivity index (χ3v) is 7.98. The zero-order valence-electron chi connectivity index (χ0n) is 20.2. The van der Waals surface area contributed by atoms with Gasteiger partial charge in [-0.05, 0) is 80.8 Å². The van der Waals surface area contributed by atoms with Crippen LogP contribution < -0.4 is 0 Å². The average molecular weight is 465 g/mol. The normalized spacial score (nSPS) is 14.7. The van der Waals surface area contributed by atoms with Gasteiger partial charge >= 0.3 is 0 Å². The van der Waals surface area contributed by atoms with Gasteiger partial charge in [-0.25, -0.2) is 0 Å². The van der Waals surface area contributed by atoms with Gasteiger partial charge in [0.05, 0.1) is 11.0 Å². The molecule has 0 saturated heterocycles. The van der Waals surface area contributed by atoms with Crippen molar-refractivity contribution in [3.8, 4) is 22.3 Å². The van der Waals surface area contributed by atoms with Crippen LogP contribution in [0.4, 0.5) is 0 Å². The van der Waals surface area contributed by atoms with Crippen molar-refractivity contribution in [1.82, 2.24) is 0 Å². The van der Waals surface area contributed by atoms with Crippen LogP contribution >= 0.6 is 0 Å². The lowest BCUT2D eigenvalue weighted by Gasteiger charge is -2.31. The molecule has 0 aromatic heterocycles. The van der Waals surface area contributed by atoms with Crippen molar-refractivity contribution in [2.75, 3.05) is 0 Å². The molecule has 0 atom stereocenters. The summed E-state index contributed by atoms with van der Waals surface area (Å²) in [6.07, 6.45) is 0. The SMILES string of the molecule is CC(=O)C(=C(C)O)c1cc2c(c3ccccc13)-c1ccccc1C21c2ccccc2-c2ccccc21. The van der Waals surface area contributed by atoms with Gasteiger partial charge in [-0.2, -0.15) is 0 Å². The first kappa shape index (κ1) is 20.9. The Kier molecular flexibility index (Phi) is 4.23. The Balaban J connectivity index is 1.75. The lowest BCUT2D eigenvalue weighted by atomic mass is 9.70. The predicted molar refractivity (Wildman–Crippen MR) is 146 cm³/mol. The first-order chi connectivity index (χ1) is 17.5. The van der Waals surface area contributed by atoms with E-state index in [1.807, 2.05) is 6.07 Å². The van der Waals surface area contributed by atoms with Crippen LogP contribution in [0.25, 0.3) is 38.6 Å². The minimum absolute atomic E-state index is 0.0457. The number of hydrogen-bond acceptors (Lipinski definition) is 2. The Morgan fingerprint density at radius 3 is 1.64 bits per heavy atom. The van der Waals surface area contributed by atoms with Gasteiger partial charge in [0, 0.05) is 0 Å². The Morgan fingerprint density at radius 2 is 1.08 bits per heavy atom. The Labute approximate surface area is 210 Å². The number of aliphatic hydroxyl groups excluding tert-OH is 1. The van der Waals surface area contributed by atoms with Gasteiger partial charge in [0.25, 0.3) is 0 Å². The highest BCUT2D eigenvalue weighted by atomic mass is 16.3. The van der Waals surface area contributed by atoms with E-state index in [2.05, 4.69) is 97.1 Å². The summed E-state index contributed by atoms with van der Waals surface area (Å²) < 4.78 is 0. The number of carbonyl (C=O) groups is 1. The average Bonchev–Trinajstić information content (AvgIpc) is 3.36. The Hall–Kier alpha value is -4.43. The standard InChI is InChI=1S/C34H24O2/c1-20(35)32(21(2)36)27-19-31-33(25-14-4-3-11-22(25)27)26-15-7-10-18-30(26)34(31)28-16-8-5-12-23(28)24-13-6-9-17-29(24)34/h3-19,35H,1-2H3. The number of allylic oxidation sites excluding steroid dienone is 2. The van der Waals surface area contributed by atoms with Crippen LogP contribution in [0.15, 0.2) is 109 Å². The molecule has 0 bridgehead atoms. The third kappa shape index (κ3) is 2.43. The summed E-state index contributed by atoms with van der Waals surface area (Å²) in [6, 6.07) is 36.5. The van der Waals surface area contributed by atoms with E-state index in [0.29, 0.717) is 5.57 Å². The lowest BCUT2D eigenvalue weighted by Crippen LogP contribution is -2.26. The first-order valence-corrected chi connectivity index (χ1v) is 12.3. The van der Waals surface area contributed by atoms with Crippen LogP contribution in [0, 0.1) is 0 Å². The largest absolute Gasteiger partial charge is 0.512 e. The van der Waals surface area contributed by atoms with Crippen LogP contribution in [0.5, 0.6) is 0 Å². The minimum atomic E-state index is -0.497. The summed E-state index contributed by atoms with van der Waals surface area (Å²) in [6.45, 7) is 3.13. The van der Waals surface area contributed by atoms with Crippen LogP contribution in [0.2, 0.25) is 0 Å². The van der Waals surface area contributed by atoms with E-state index >= 15 is 0 Å². The maximum Gasteiger partial charge on any atom is 0.163 e. The fourth-order valence-corrected chi connectivity index (χ4v) is 6.80. The smallest absolute Gasteiger partial charge is 0.163 e. The van der Waals surface area contributed by atoms with Crippen molar-refractivity contribution in [3.63, 3.8) is 0 Å². The third-order valence-electron chi connectivity index (χ3n) is 7.98. The van der Waals surface area contributed by atoms with E-state index in [1.165, 1.54) is 45.9 Å². The molecular weight excluding hydrogens is 440 g/mol. The number of Topliss-reactive ketones (excluding diaryl/α,β-unsaturated/α-hetero) is 1. The quantitative estimate of drug-likeness (QED) is 0.207. The predicted octanol–water partition coefficient (Wildman–Crippen LogP) is 8.06. The second-order valence-corrected chi connectivity index (χ2v) is 9.80. The molecule has 1 N–H and O–H groups in total. The highest BCUT2D eigenvalue weighted by Gasteiger charge is 2.52. The van der Waals surface area contributed by atoms with E-state index in [4.69, 9.17) is 0 Å². The summed E-state index contributed by atoms with van der Waals surface area (Å²) in [5, 5.41) is 12.7. The number of benzene rings is 5. The van der Waals surface area contributed by atoms with Gasteiger partial charge in [0.1, 0.15) is 5.76 Å². The van der Waals surface area contributed by atoms with Crippen molar-refractivity contribution >= 4 is 22.1 Å². The first-order valence-electron chi connectivity index (χ1n) is 12.3. The molecule has 5 aromatic carbocycles. The van der Waals surface area contributed by atoms with E-state index in [9.17, 15) is 9.90 Å². The highest BCUT2D eigenvalue weighted by molar-refractivity contribution is 6.24. The van der Waals surface area contributed by atoms with E-state index in [0.717, 1.165) is 21.9 Å². The van der Waals surface area contributed by atoms with Gasteiger partial charge in [0.2, 0.25) is 0 Å². The summed E-state index contributed by atoms with van der Waals surface area (Å²) in [5.41, 5.74) is 10.5. The zero-order valence-corrected chi connectivity index (χ0v) is 20.2. The fourth-order valence-electron chi connectivity index (χ4n) is 6.80. The van der Waals surface area contributed by atoms with Gasteiger partial charge in [-0.15, -0.1) is 0 Å². The van der Waals surface area contributed by atoms with Crippen molar-refractivity contribution < 1.29 is 9.90 Å². The molecule has 2 heteroatoms. The molecule has 2 aliphatic rings. The van der Waals surface area contributed by atoms with Crippen molar-refractivity contribution in [1.29, 1.82) is 0 Å². The van der Waals surface area contributed by atoms with E-state index in [-0.39, 0.29) is 11.5 Å². The molecule has 1 spiro atoms.